The Balaban J connectivity index is 1.36. The molecule has 0 fully saturated rings. The maximum absolute atomic E-state index is 13.1. The molecule has 0 atom stereocenters. The quantitative estimate of drug-likeness (QED) is 0.244. The number of rotatable bonds is 3. The number of hydrogen-bond donors (Lipinski definition) is 0. The largest absolute Gasteiger partial charge is 0.449 e. The minimum absolute atomic E-state index is 0.254. The molecule has 0 aliphatic carbocycles. The molecule has 0 amide bonds. The van der Waals surface area contributed by atoms with E-state index < -0.39 is 9.84 Å². The van der Waals surface area contributed by atoms with E-state index in [2.05, 4.69) is 0 Å². The zero-order chi connectivity index (χ0) is 25.0. The first-order chi connectivity index (χ1) is 18.1. The van der Waals surface area contributed by atoms with Gasteiger partial charge in [-0.05, 0) is 58.3 Å². The number of sulfone groups is 1. The van der Waals surface area contributed by atoms with Crippen LogP contribution in [0.25, 0.3) is 32.7 Å². The summed E-state index contributed by atoms with van der Waals surface area (Å²) in [6.45, 7) is 0. The van der Waals surface area contributed by atoms with E-state index in [1.807, 2.05) is 78.9 Å². The van der Waals surface area contributed by atoms with Gasteiger partial charge in [0.05, 0.1) is 9.79 Å². The average Bonchev–Trinajstić information content (AvgIpc) is 2.96. The van der Waals surface area contributed by atoms with Gasteiger partial charge >= 0.3 is 0 Å². The molecule has 0 radical (unpaired) electrons. The predicted molar refractivity (Wildman–Crippen MR) is 145 cm³/mol. The minimum Gasteiger partial charge on any atom is -0.449 e. The van der Waals surface area contributed by atoms with Crippen molar-refractivity contribution in [2.45, 2.75) is 9.79 Å². The van der Waals surface area contributed by atoms with E-state index in [9.17, 15) is 8.42 Å². The highest BCUT2D eigenvalue weighted by molar-refractivity contribution is 7.91. The molecule has 0 spiro atoms. The Labute approximate surface area is 214 Å². The van der Waals surface area contributed by atoms with Crippen LogP contribution in [-0.2, 0) is 9.84 Å². The first kappa shape index (κ1) is 21.7. The van der Waals surface area contributed by atoms with E-state index in [4.69, 9.17) is 9.47 Å². The summed E-state index contributed by atoms with van der Waals surface area (Å²) in [5, 5.41) is 3.97. The van der Waals surface area contributed by atoms with Gasteiger partial charge < -0.3 is 9.47 Å². The maximum Gasteiger partial charge on any atom is 0.206 e. The van der Waals surface area contributed by atoms with E-state index in [0.29, 0.717) is 23.0 Å². The molecule has 4 nitrogen and oxygen atoms in total. The summed E-state index contributed by atoms with van der Waals surface area (Å²) in [5.41, 5.74) is 1.82. The van der Waals surface area contributed by atoms with Gasteiger partial charge in [0.25, 0.3) is 0 Å². The average molecular weight is 501 g/mol. The lowest BCUT2D eigenvalue weighted by Crippen LogP contribution is -2.02. The zero-order valence-electron chi connectivity index (χ0n) is 19.6. The Bertz CT molecular complexity index is 1930. The van der Waals surface area contributed by atoms with Gasteiger partial charge in [-0.3, -0.25) is 0 Å². The molecule has 0 aromatic heterocycles. The zero-order valence-corrected chi connectivity index (χ0v) is 20.4. The second kappa shape index (κ2) is 8.22. The number of hydrogen-bond acceptors (Lipinski definition) is 4. The summed E-state index contributed by atoms with van der Waals surface area (Å²) in [5.74, 6) is 2.67. The molecule has 1 heterocycles. The van der Waals surface area contributed by atoms with Gasteiger partial charge in [-0.1, -0.05) is 84.9 Å². The van der Waals surface area contributed by atoms with Crippen molar-refractivity contribution >= 4 is 31.4 Å². The number of fused-ring (bicyclic) bond motifs is 6. The molecular weight excluding hydrogens is 480 g/mol. The van der Waals surface area contributed by atoms with Crippen molar-refractivity contribution in [1.82, 2.24) is 0 Å². The molecule has 7 rings (SSSR count). The first-order valence-electron chi connectivity index (χ1n) is 11.9. The van der Waals surface area contributed by atoms with Crippen molar-refractivity contribution in [2.75, 3.05) is 0 Å². The van der Waals surface area contributed by atoms with E-state index in [-0.39, 0.29) is 9.79 Å². The monoisotopic (exact) mass is 500 g/mol. The molecular formula is C32H20O4S. The van der Waals surface area contributed by atoms with E-state index in [1.54, 1.807) is 42.5 Å². The standard InChI is InChI=1S/C32H20O4S/c33-37(34,23-9-2-1-3-10-23)24-17-14-22(15-18-24)28-20-30-32(27-13-7-6-12-26(27)28)35-29-19-16-21-8-4-5-11-25(21)31(29)36-30/h1-20H. The Kier molecular flexibility index (Phi) is 4.81. The molecule has 37 heavy (non-hydrogen) atoms. The van der Waals surface area contributed by atoms with Crippen LogP contribution in [0.3, 0.4) is 0 Å². The molecule has 0 unspecified atom stereocenters. The fraction of sp³-hybridized carbons (Fsp3) is 0. The second-order valence-electron chi connectivity index (χ2n) is 8.96. The van der Waals surface area contributed by atoms with Gasteiger partial charge in [0.2, 0.25) is 9.84 Å². The van der Waals surface area contributed by atoms with Crippen LogP contribution in [0.2, 0.25) is 0 Å². The van der Waals surface area contributed by atoms with Crippen LogP contribution in [0.5, 0.6) is 23.0 Å². The van der Waals surface area contributed by atoms with Crippen molar-refractivity contribution in [1.29, 1.82) is 0 Å². The summed E-state index contributed by atoms with van der Waals surface area (Å²) in [4.78, 5) is 0.531. The molecule has 6 aromatic rings. The van der Waals surface area contributed by atoms with Crippen LogP contribution >= 0.6 is 0 Å². The smallest absolute Gasteiger partial charge is 0.206 e. The van der Waals surface area contributed by atoms with E-state index in [0.717, 1.165) is 32.7 Å². The van der Waals surface area contributed by atoms with Crippen LogP contribution in [0, 0.1) is 0 Å². The third-order valence-electron chi connectivity index (χ3n) is 6.76. The number of ether oxygens (including phenoxy) is 2. The van der Waals surface area contributed by atoms with Gasteiger partial charge in [0, 0.05) is 10.8 Å². The number of benzene rings is 6. The van der Waals surface area contributed by atoms with Crippen molar-refractivity contribution in [3.05, 3.63) is 121 Å². The highest BCUT2D eigenvalue weighted by Crippen LogP contribution is 2.53. The molecule has 5 heteroatoms. The van der Waals surface area contributed by atoms with Gasteiger partial charge in [-0.15, -0.1) is 0 Å². The van der Waals surface area contributed by atoms with E-state index >= 15 is 0 Å². The predicted octanol–water partition coefficient (Wildman–Crippen LogP) is 8.39. The van der Waals surface area contributed by atoms with Crippen LogP contribution in [0.4, 0.5) is 0 Å². The van der Waals surface area contributed by atoms with Crippen molar-refractivity contribution < 1.29 is 17.9 Å². The van der Waals surface area contributed by atoms with Gasteiger partial charge in [-0.25, -0.2) is 8.42 Å². The van der Waals surface area contributed by atoms with Crippen molar-refractivity contribution in [3.8, 4) is 34.1 Å². The lowest BCUT2D eigenvalue weighted by Gasteiger charge is -2.24. The third-order valence-corrected chi connectivity index (χ3v) is 8.54. The summed E-state index contributed by atoms with van der Waals surface area (Å²) in [6, 6.07) is 37.5. The lowest BCUT2D eigenvalue weighted by molar-refractivity contribution is 0.367. The molecule has 0 saturated carbocycles. The molecule has 1 aliphatic heterocycles. The molecule has 6 aromatic carbocycles. The third kappa shape index (κ3) is 3.47. The van der Waals surface area contributed by atoms with Gasteiger partial charge in [0.15, 0.2) is 23.0 Å². The van der Waals surface area contributed by atoms with Gasteiger partial charge in [-0.2, -0.15) is 0 Å². The molecule has 0 saturated heterocycles. The Morgan fingerprint density at radius 2 is 1.08 bits per heavy atom. The molecule has 0 bridgehead atoms. The summed E-state index contributed by atoms with van der Waals surface area (Å²) in [6.07, 6.45) is 0. The van der Waals surface area contributed by atoms with Crippen LogP contribution in [-0.4, -0.2) is 8.42 Å². The van der Waals surface area contributed by atoms with Gasteiger partial charge in [0.1, 0.15) is 0 Å². The molecule has 178 valence electrons. The molecule has 1 aliphatic rings. The molecule has 0 N–H and O–H groups in total. The fourth-order valence-electron chi connectivity index (χ4n) is 4.92. The Morgan fingerprint density at radius 3 is 1.86 bits per heavy atom. The second-order valence-corrected chi connectivity index (χ2v) is 10.9. The van der Waals surface area contributed by atoms with Crippen molar-refractivity contribution in [2.24, 2.45) is 0 Å². The lowest BCUT2D eigenvalue weighted by atomic mass is 9.96. The van der Waals surface area contributed by atoms with Crippen molar-refractivity contribution in [3.63, 3.8) is 0 Å². The maximum atomic E-state index is 13.1. The van der Waals surface area contributed by atoms with Crippen LogP contribution in [0.15, 0.2) is 131 Å². The topological polar surface area (TPSA) is 52.6 Å². The SMILES string of the molecule is O=S(=O)(c1ccccc1)c1ccc(-c2cc3c(c4ccccc24)Oc2ccc4ccccc4c2O3)cc1. The van der Waals surface area contributed by atoms with Crippen LogP contribution < -0.4 is 9.47 Å². The Morgan fingerprint density at radius 1 is 0.486 bits per heavy atom. The highest BCUT2D eigenvalue weighted by Gasteiger charge is 2.25. The van der Waals surface area contributed by atoms with Crippen LogP contribution in [0.1, 0.15) is 0 Å². The normalized spacial score (nSPS) is 12.4. The van der Waals surface area contributed by atoms with E-state index in [1.165, 1.54) is 0 Å². The first-order valence-corrected chi connectivity index (χ1v) is 13.4. The Hall–Kier alpha value is -4.61. The fourth-order valence-corrected chi connectivity index (χ4v) is 6.20. The summed E-state index contributed by atoms with van der Waals surface area (Å²) >= 11 is 0. The highest BCUT2D eigenvalue weighted by atomic mass is 32.2. The summed E-state index contributed by atoms with van der Waals surface area (Å²) < 4.78 is 39.0. The minimum atomic E-state index is -3.59. The summed E-state index contributed by atoms with van der Waals surface area (Å²) in [7, 11) is -3.59.